The molecule has 40 heavy (non-hydrogen) atoms. The van der Waals surface area contributed by atoms with Crippen LogP contribution in [0.5, 0.6) is 0 Å². The van der Waals surface area contributed by atoms with Gasteiger partial charge in [-0.15, -0.1) is 0 Å². The molecule has 1 saturated heterocycles. The number of anilines is 1. The minimum atomic E-state index is -3.16. The van der Waals surface area contributed by atoms with Crippen molar-refractivity contribution >= 4 is 42.2 Å². The first-order valence-corrected chi connectivity index (χ1v) is 15.4. The second-order valence-electron chi connectivity index (χ2n) is 9.56. The Morgan fingerprint density at radius 2 is 1.77 bits per heavy atom. The van der Waals surface area contributed by atoms with Crippen LogP contribution < -0.4 is 5.32 Å². The van der Waals surface area contributed by atoms with Gasteiger partial charge in [-0.05, 0) is 24.3 Å². The second kappa shape index (κ2) is 11.5. The molecule has 1 aliphatic heterocycles. The number of oxazole rings is 1. The van der Waals surface area contributed by atoms with Crippen LogP contribution in [0.2, 0.25) is 5.02 Å². The summed E-state index contributed by atoms with van der Waals surface area (Å²) in [5.74, 6) is 0.430. The van der Waals surface area contributed by atoms with Crippen molar-refractivity contribution in [3.63, 3.8) is 0 Å². The van der Waals surface area contributed by atoms with Gasteiger partial charge in [0, 0.05) is 5.02 Å². The summed E-state index contributed by atoms with van der Waals surface area (Å²) in [4.78, 5) is 32.6. The molecular weight excluding hydrogens is 551 g/mol. The van der Waals surface area contributed by atoms with Gasteiger partial charge >= 0.3 is 144 Å². The predicted octanol–water partition coefficient (Wildman–Crippen LogP) is 6.33. The number of halogens is 1. The van der Waals surface area contributed by atoms with Crippen LogP contribution in [0.4, 0.5) is 5.69 Å². The molecule has 1 fully saturated rings. The van der Waals surface area contributed by atoms with Crippen LogP contribution in [0, 0.1) is 0 Å². The molecule has 3 aromatic carbocycles. The molecule has 5 aromatic rings. The number of amides is 1. The maximum atomic E-state index is 12.9. The fraction of sp³-hybridized carbons (Fsp3) is 0.207. The topological polar surface area (TPSA) is 112 Å². The van der Waals surface area contributed by atoms with Gasteiger partial charge in [0.2, 0.25) is 0 Å². The van der Waals surface area contributed by atoms with Gasteiger partial charge in [0.05, 0.1) is 11.0 Å². The summed E-state index contributed by atoms with van der Waals surface area (Å²) < 4.78 is 19.0. The van der Waals surface area contributed by atoms with Crippen LogP contribution in [0.1, 0.15) is 24.2 Å². The number of para-hydroxylation sites is 2. The van der Waals surface area contributed by atoms with Crippen molar-refractivity contribution in [2.24, 2.45) is 0 Å². The summed E-state index contributed by atoms with van der Waals surface area (Å²) in [7, 11) is -3.16. The van der Waals surface area contributed by atoms with Crippen molar-refractivity contribution in [3.05, 3.63) is 95.5 Å². The molecule has 0 unspecified atom stereocenters. The van der Waals surface area contributed by atoms with E-state index in [1.165, 1.54) is 0 Å². The number of aryl methyl sites for hydroxylation is 1. The standard InChI is InChI=1S/C29H28ClN4O5P/c30-22-10-8-21(9-11-22)28-26(39-29(33-28)34-19-31-24-4-1-2-5-25(24)34)14-15-27(35)32-23-12-6-20(7-13-23)18-40(36)37-16-3-17-38-40/h1-2,4-13,19,36,40H,3,14-18H2,(H,32,35). The van der Waals surface area contributed by atoms with Crippen LogP contribution in [0.25, 0.3) is 28.3 Å². The first kappa shape index (κ1) is 26.6. The quantitative estimate of drug-likeness (QED) is 0.207. The first-order valence-electron chi connectivity index (χ1n) is 13.0. The van der Waals surface area contributed by atoms with Crippen LogP contribution >= 0.6 is 19.5 Å². The number of nitrogens with one attached hydrogen (secondary N) is 1. The molecule has 0 saturated carbocycles. The average Bonchev–Trinajstić information content (AvgIpc) is 3.58. The molecule has 6 rings (SSSR count). The van der Waals surface area contributed by atoms with Crippen molar-refractivity contribution in [2.75, 3.05) is 18.5 Å². The third kappa shape index (κ3) is 5.94. The van der Waals surface area contributed by atoms with E-state index in [0.29, 0.717) is 54.0 Å². The van der Waals surface area contributed by atoms with E-state index in [2.05, 4.69) is 10.3 Å². The Balaban J connectivity index is 1.16. The van der Waals surface area contributed by atoms with Gasteiger partial charge in [-0.25, -0.2) is 4.98 Å². The summed E-state index contributed by atoms with van der Waals surface area (Å²) in [6, 6.07) is 22.8. The molecule has 0 radical (unpaired) electrons. The summed E-state index contributed by atoms with van der Waals surface area (Å²) in [5, 5.41) is 3.55. The zero-order chi connectivity index (χ0) is 27.5. The van der Waals surface area contributed by atoms with Gasteiger partial charge < -0.3 is 0 Å². The Kier molecular flexibility index (Phi) is 7.65. The number of aromatic nitrogens is 3. The molecule has 2 aromatic heterocycles. The van der Waals surface area contributed by atoms with E-state index in [1.807, 2.05) is 60.7 Å². The van der Waals surface area contributed by atoms with Crippen molar-refractivity contribution in [3.8, 4) is 17.3 Å². The van der Waals surface area contributed by atoms with Gasteiger partial charge in [-0.3, -0.25) is 4.57 Å². The van der Waals surface area contributed by atoms with Crippen molar-refractivity contribution in [1.82, 2.24) is 14.5 Å². The van der Waals surface area contributed by atoms with Gasteiger partial charge in [-0.1, -0.05) is 35.9 Å². The van der Waals surface area contributed by atoms with Gasteiger partial charge in [-0.2, -0.15) is 0 Å². The maximum absolute atomic E-state index is 12.9. The fourth-order valence-electron chi connectivity index (χ4n) is 4.64. The van der Waals surface area contributed by atoms with E-state index in [-0.39, 0.29) is 12.3 Å². The van der Waals surface area contributed by atoms with Crippen molar-refractivity contribution in [1.29, 1.82) is 0 Å². The number of carbonyl (C=O) groups excluding carboxylic acids is 1. The Bertz CT molecular complexity index is 1630. The molecule has 1 aliphatic rings. The molecule has 9 nitrogen and oxygen atoms in total. The first-order chi connectivity index (χ1) is 19.5. The Hall–Kier alpha value is -3.59. The number of hydrogen-bond donors (Lipinski definition) is 2. The molecule has 0 aliphatic carbocycles. The number of carbonyl (C=O) groups is 1. The predicted molar refractivity (Wildman–Crippen MR) is 156 cm³/mol. The van der Waals surface area contributed by atoms with Gasteiger partial charge in [0.15, 0.2) is 0 Å². The van der Waals surface area contributed by atoms with Crippen LogP contribution in [0.15, 0.2) is 83.5 Å². The number of nitrogens with zero attached hydrogens (tertiary/aromatic N) is 3. The molecule has 3 heterocycles. The van der Waals surface area contributed by atoms with Crippen LogP contribution in [-0.2, 0) is 26.4 Å². The fourth-order valence-corrected chi connectivity index (χ4v) is 6.73. The summed E-state index contributed by atoms with van der Waals surface area (Å²) in [6.45, 7) is 1.03. The molecule has 0 spiro atoms. The number of rotatable bonds is 8. The summed E-state index contributed by atoms with van der Waals surface area (Å²) in [5.41, 5.74) is 4.74. The van der Waals surface area contributed by atoms with Crippen LogP contribution in [-0.4, -0.2) is 38.5 Å². The Morgan fingerprint density at radius 1 is 1.02 bits per heavy atom. The number of benzene rings is 3. The van der Waals surface area contributed by atoms with Gasteiger partial charge in [0.1, 0.15) is 6.33 Å². The van der Waals surface area contributed by atoms with E-state index >= 15 is 0 Å². The van der Waals surface area contributed by atoms with Crippen molar-refractivity contribution in [2.45, 2.75) is 25.4 Å². The molecule has 2 N–H and O–H groups in total. The van der Waals surface area contributed by atoms with Gasteiger partial charge in [0.25, 0.3) is 0 Å². The zero-order valence-electron chi connectivity index (χ0n) is 21.5. The average molecular weight is 579 g/mol. The third-order valence-corrected chi connectivity index (χ3v) is 9.07. The minimum absolute atomic E-state index is 0.159. The van der Waals surface area contributed by atoms with E-state index in [0.717, 1.165) is 28.6 Å². The summed E-state index contributed by atoms with van der Waals surface area (Å²) >= 11 is 6.10. The third-order valence-electron chi connectivity index (χ3n) is 6.65. The Labute approximate surface area is 236 Å². The van der Waals surface area contributed by atoms with E-state index in [1.54, 1.807) is 23.0 Å². The SMILES string of the molecule is O=C(CCc1oc(-n2cnc3ccccc32)nc1-c1ccc(Cl)cc1)Nc1ccc(C[PH]2(O)OCCCO2)cc1. The van der Waals surface area contributed by atoms with E-state index < -0.39 is 7.94 Å². The molecule has 11 heteroatoms. The number of imidazole rings is 1. The molecule has 1 amide bonds. The molecular formula is C29H28ClN4O5P. The normalized spacial score (nSPS) is 15.7. The van der Waals surface area contributed by atoms with Crippen molar-refractivity contribution < 1.29 is 23.2 Å². The molecule has 0 bridgehead atoms. The molecule has 0 atom stereocenters. The van der Waals surface area contributed by atoms with E-state index in [9.17, 15) is 9.69 Å². The number of fused-ring (bicyclic) bond motifs is 1. The second-order valence-corrected chi connectivity index (χ2v) is 12.4. The number of hydrogen-bond acceptors (Lipinski definition) is 7. The summed E-state index contributed by atoms with van der Waals surface area (Å²) in [6.07, 6.45) is 3.34. The molecule has 206 valence electrons. The zero-order valence-corrected chi connectivity index (χ0v) is 23.3. The Morgan fingerprint density at radius 3 is 2.55 bits per heavy atom. The van der Waals surface area contributed by atoms with E-state index in [4.69, 9.17) is 30.0 Å². The van der Waals surface area contributed by atoms with Crippen LogP contribution in [0.3, 0.4) is 0 Å². The monoisotopic (exact) mass is 578 g/mol.